The van der Waals surface area contributed by atoms with Crippen molar-refractivity contribution in [3.8, 4) is 12.0 Å². The molecular weight excluding hydrogens is 234 g/mol. The number of para-hydroxylation sites is 2. The van der Waals surface area contributed by atoms with Crippen molar-refractivity contribution in [2.45, 2.75) is 13.8 Å². The zero-order chi connectivity index (χ0) is 13.4. The first-order valence-corrected chi connectivity index (χ1v) is 6.20. The molecule has 1 heterocycles. The number of rotatable bonds is 0. The molecule has 0 unspecified atom stereocenters. The standard InChI is InChI=1S/C17H13NO/c1-3-11-18-15-10-5-4-8-13(15)17(19)14-9-6-7-12(2)16(14)18/h4-10H,1-2H3. The van der Waals surface area contributed by atoms with Gasteiger partial charge < -0.3 is 0 Å². The number of benzene rings is 2. The minimum atomic E-state index is 0.0726. The number of nitrogens with zero attached hydrogens (tertiary/aromatic N) is 1. The number of hydrogen-bond acceptors (Lipinski definition) is 1. The van der Waals surface area contributed by atoms with Gasteiger partial charge in [0.15, 0.2) is 5.43 Å². The Balaban J connectivity index is 2.74. The van der Waals surface area contributed by atoms with Crippen LogP contribution in [-0.4, -0.2) is 4.57 Å². The molecule has 0 bridgehead atoms. The molecule has 0 radical (unpaired) electrons. The maximum Gasteiger partial charge on any atom is 0.197 e. The highest BCUT2D eigenvalue weighted by molar-refractivity contribution is 5.95. The molecule has 2 nitrogen and oxygen atoms in total. The van der Waals surface area contributed by atoms with Crippen LogP contribution in [0.25, 0.3) is 21.8 Å². The number of pyridine rings is 1. The number of fused-ring (bicyclic) bond motifs is 2. The number of aryl methyl sites for hydroxylation is 1. The van der Waals surface area contributed by atoms with Crippen LogP contribution in [0, 0.1) is 18.9 Å². The van der Waals surface area contributed by atoms with E-state index in [1.165, 1.54) is 0 Å². The quantitative estimate of drug-likeness (QED) is 0.441. The average molecular weight is 247 g/mol. The maximum atomic E-state index is 12.5. The molecule has 1 aromatic heterocycles. The molecule has 0 fully saturated rings. The van der Waals surface area contributed by atoms with Crippen LogP contribution >= 0.6 is 0 Å². The Labute approximate surface area is 111 Å². The van der Waals surface area contributed by atoms with Crippen molar-refractivity contribution in [1.29, 1.82) is 0 Å². The Hall–Kier alpha value is -2.53. The molecule has 0 aliphatic rings. The Morgan fingerprint density at radius 1 is 1.00 bits per heavy atom. The summed E-state index contributed by atoms with van der Waals surface area (Å²) in [5, 5.41) is 1.44. The van der Waals surface area contributed by atoms with Gasteiger partial charge in [0.05, 0.1) is 11.0 Å². The van der Waals surface area contributed by atoms with E-state index in [1.807, 2.05) is 54.0 Å². The van der Waals surface area contributed by atoms with E-state index >= 15 is 0 Å². The Kier molecular flexibility index (Phi) is 2.61. The van der Waals surface area contributed by atoms with Gasteiger partial charge in [-0.2, -0.15) is 0 Å². The second kappa shape index (κ2) is 4.29. The monoisotopic (exact) mass is 247 g/mol. The van der Waals surface area contributed by atoms with Crippen molar-refractivity contribution >= 4 is 21.8 Å². The van der Waals surface area contributed by atoms with Crippen LogP contribution in [-0.2, 0) is 0 Å². The summed E-state index contributed by atoms with van der Waals surface area (Å²) >= 11 is 0. The summed E-state index contributed by atoms with van der Waals surface area (Å²) in [6.45, 7) is 3.81. The molecule has 2 heteroatoms. The van der Waals surface area contributed by atoms with Gasteiger partial charge in [-0.3, -0.25) is 9.36 Å². The van der Waals surface area contributed by atoms with Crippen LogP contribution in [0.2, 0.25) is 0 Å². The van der Waals surface area contributed by atoms with Crippen LogP contribution in [0.4, 0.5) is 0 Å². The fourth-order valence-corrected chi connectivity index (χ4v) is 2.49. The second-order valence-corrected chi connectivity index (χ2v) is 4.51. The van der Waals surface area contributed by atoms with Crippen LogP contribution in [0.3, 0.4) is 0 Å². The van der Waals surface area contributed by atoms with Gasteiger partial charge in [-0.1, -0.05) is 30.2 Å². The van der Waals surface area contributed by atoms with Gasteiger partial charge >= 0.3 is 0 Å². The highest BCUT2D eigenvalue weighted by atomic mass is 16.1. The minimum absolute atomic E-state index is 0.0726. The minimum Gasteiger partial charge on any atom is -0.288 e. The molecule has 0 N–H and O–H groups in total. The highest BCUT2D eigenvalue weighted by Gasteiger charge is 2.10. The van der Waals surface area contributed by atoms with Gasteiger partial charge in [-0.25, -0.2) is 0 Å². The summed E-state index contributed by atoms with van der Waals surface area (Å²) in [6.07, 6.45) is 0. The van der Waals surface area contributed by atoms with Crippen molar-refractivity contribution in [2.75, 3.05) is 0 Å². The predicted molar refractivity (Wildman–Crippen MR) is 79.3 cm³/mol. The largest absolute Gasteiger partial charge is 0.288 e. The summed E-state index contributed by atoms with van der Waals surface area (Å²) in [7, 11) is 0. The van der Waals surface area contributed by atoms with Crippen LogP contribution in [0.1, 0.15) is 12.5 Å². The molecule has 92 valence electrons. The smallest absolute Gasteiger partial charge is 0.197 e. The van der Waals surface area contributed by atoms with Crippen LogP contribution in [0.5, 0.6) is 0 Å². The maximum absolute atomic E-state index is 12.5. The second-order valence-electron chi connectivity index (χ2n) is 4.51. The number of hydrogen-bond donors (Lipinski definition) is 0. The fraction of sp³-hybridized carbons (Fsp3) is 0.118. The molecule has 3 aromatic rings. The van der Waals surface area contributed by atoms with E-state index in [1.54, 1.807) is 6.92 Å². The van der Waals surface area contributed by atoms with E-state index in [9.17, 15) is 4.79 Å². The summed E-state index contributed by atoms with van der Waals surface area (Å²) < 4.78 is 1.92. The van der Waals surface area contributed by atoms with Gasteiger partial charge in [0.2, 0.25) is 0 Å². The Morgan fingerprint density at radius 2 is 1.74 bits per heavy atom. The summed E-state index contributed by atoms with van der Waals surface area (Å²) in [5.74, 6) is 2.93. The van der Waals surface area contributed by atoms with Gasteiger partial charge in [-0.15, -0.1) is 0 Å². The number of aromatic nitrogens is 1. The van der Waals surface area contributed by atoms with E-state index in [2.05, 4.69) is 12.0 Å². The third-order valence-electron chi connectivity index (χ3n) is 3.32. The highest BCUT2D eigenvalue weighted by Crippen LogP contribution is 2.20. The Bertz CT molecular complexity index is 907. The Morgan fingerprint density at radius 3 is 2.53 bits per heavy atom. The molecule has 0 amide bonds. The van der Waals surface area contributed by atoms with E-state index in [4.69, 9.17) is 0 Å². The molecule has 0 atom stereocenters. The van der Waals surface area contributed by atoms with Crippen molar-refractivity contribution in [3.63, 3.8) is 0 Å². The molecular formula is C17H13NO. The van der Waals surface area contributed by atoms with Crippen molar-refractivity contribution in [3.05, 3.63) is 58.3 Å². The van der Waals surface area contributed by atoms with Crippen LogP contribution in [0.15, 0.2) is 47.3 Å². The van der Waals surface area contributed by atoms with E-state index < -0.39 is 0 Å². The van der Waals surface area contributed by atoms with Crippen molar-refractivity contribution in [1.82, 2.24) is 4.57 Å². The molecule has 0 saturated heterocycles. The molecule has 0 aliphatic heterocycles. The first kappa shape index (κ1) is 11.6. The summed E-state index contributed by atoms with van der Waals surface area (Å²) in [6, 6.07) is 16.5. The molecule has 2 aromatic carbocycles. The van der Waals surface area contributed by atoms with E-state index in [0.29, 0.717) is 5.39 Å². The van der Waals surface area contributed by atoms with Crippen LogP contribution < -0.4 is 5.43 Å². The molecule has 0 saturated carbocycles. The van der Waals surface area contributed by atoms with Crippen molar-refractivity contribution < 1.29 is 0 Å². The van der Waals surface area contributed by atoms with Crippen molar-refractivity contribution in [2.24, 2.45) is 0 Å². The summed E-state index contributed by atoms with van der Waals surface area (Å²) in [5.41, 5.74) is 2.90. The van der Waals surface area contributed by atoms with Gasteiger partial charge in [-0.05, 0) is 37.6 Å². The summed E-state index contributed by atoms with van der Waals surface area (Å²) in [4.78, 5) is 12.5. The lowest BCUT2D eigenvalue weighted by Crippen LogP contribution is -2.09. The topological polar surface area (TPSA) is 22.0 Å². The first-order valence-electron chi connectivity index (χ1n) is 6.20. The fourth-order valence-electron chi connectivity index (χ4n) is 2.49. The average Bonchev–Trinajstić information content (AvgIpc) is 2.44. The zero-order valence-electron chi connectivity index (χ0n) is 10.9. The lowest BCUT2D eigenvalue weighted by atomic mass is 10.1. The zero-order valence-corrected chi connectivity index (χ0v) is 10.9. The van der Waals surface area contributed by atoms with E-state index in [0.717, 1.165) is 22.0 Å². The predicted octanol–water partition coefficient (Wildman–Crippen LogP) is 3.29. The third kappa shape index (κ3) is 1.63. The molecule has 3 rings (SSSR count). The van der Waals surface area contributed by atoms with Gasteiger partial charge in [0.25, 0.3) is 0 Å². The normalized spacial score (nSPS) is 10.4. The van der Waals surface area contributed by atoms with Gasteiger partial charge in [0.1, 0.15) is 0 Å². The molecule has 19 heavy (non-hydrogen) atoms. The first-order chi connectivity index (χ1) is 9.24. The lowest BCUT2D eigenvalue weighted by Gasteiger charge is -2.11. The van der Waals surface area contributed by atoms with E-state index in [-0.39, 0.29) is 5.43 Å². The van der Waals surface area contributed by atoms with Gasteiger partial charge in [0, 0.05) is 16.8 Å². The molecule has 0 spiro atoms. The molecule has 0 aliphatic carbocycles. The third-order valence-corrected chi connectivity index (χ3v) is 3.32. The SMILES string of the molecule is CC#Cn1c2ccccc2c(=O)c2cccc(C)c21. The lowest BCUT2D eigenvalue weighted by molar-refractivity contribution is 1.21.